The highest BCUT2D eigenvalue weighted by Crippen LogP contribution is 2.43. The summed E-state index contributed by atoms with van der Waals surface area (Å²) < 4.78 is 0. The van der Waals surface area contributed by atoms with Gasteiger partial charge in [0.05, 0.1) is 0 Å². The van der Waals surface area contributed by atoms with Gasteiger partial charge >= 0.3 is 0 Å². The van der Waals surface area contributed by atoms with E-state index in [4.69, 9.17) is 0 Å². The number of nitriles is 1. The SMILES string of the molecule is N#CN1CCC[C@H]1C(=O)N1CCc2c(C3CNNC3C3CC3)cccc21. The fourth-order valence-corrected chi connectivity index (χ4v) is 5.08. The maximum atomic E-state index is 13.1. The molecule has 0 bridgehead atoms. The number of nitrogens with one attached hydrogen (secondary N) is 2. The smallest absolute Gasteiger partial charge is 0.250 e. The van der Waals surface area contributed by atoms with Crippen LogP contribution in [0.15, 0.2) is 18.2 Å². The van der Waals surface area contributed by atoms with Crippen LogP contribution in [0.1, 0.15) is 42.7 Å². The second-order valence-electron chi connectivity index (χ2n) is 8.03. The van der Waals surface area contributed by atoms with Crippen molar-refractivity contribution in [1.82, 2.24) is 15.8 Å². The Kier molecular flexibility index (Phi) is 3.87. The van der Waals surface area contributed by atoms with Crippen molar-refractivity contribution in [3.63, 3.8) is 0 Å². The fraction of sp³-hybridized carbons (Fsp3) is 0.600. The Labute approximate surface area is 154 Å². The molecule has 2 saturated heterocycles. The maximum Gasteiger partial charge on any atom is 0.250 e. The van der Waals surface area contributed by atoms with E-state index in [9.17, 15) is 10.1 Å². The lowest BCUT2D eigenvalue weighted by molar-refractivity contribution is -0.121. The van der Waals surface area contributed by atoms with Crippen LogP contribution in [0.5, 0.6) is 0 Å². The summed E-state index contributed by atoms with van der Waals surface area (Å²) in [6.07, 6.45) is 7.47. The molecular formula is C20H25N5O. The lowest BCUT2D eigenvalue weighted by Gasteiger charge is -2.25. The van der Waals surface area contributed by atoms with E-state index in [0.717, 1.165) is 44.0 Å². The largest absolute Gasteiger partial charge is 0.310 e. The molecular weight excluding hydrogens is 326 g/mol. The minimum Gasteiger partial charge on any atom is -0.310 e. The Morgan fingerprint density at radius 3 is 2.92 bits per heavy atom. The molecule has 2 unspecified atom stereocenters. The molecule has 5 rings (SSSR count). The number of nitrogens with zero attached hydrogens (tertiary/aromatic N) is 3. The van der Waals surface area contributed by atoms with Crippen LogP contribution in [0.2, 0.25) is 0 Å². The molecule has 6 nitrogen and oxygen atoms in total. The second kappa shape index (κ2) is 6.26. The van der Waals surface area contributed by atoms with Crippen molar-refractivity contribution >= 4 is 11.6 Å². The highest BCUT2D eigenvalue weighted by Gasteiger charge is 2.42. The van der Waals surface area contributed by atoms with Crippen molar-refractivity contribution in [2.75, 3.05) is 24.5 Å². The Morgan fingerprint density at radius 1 is 1.23 bits per heavy atom. The van der Waals surface area contributed by atoms with Crippen LogP contribution < -0.4 is 15.8 Å². The maximum absolute atomic E-state index is 13.1. The zero-order valence-electron chi connectivity index (χ0n) is 14.9. The summed E-state index contributed by atoms with van der Waals surface area (Å²) in [6.45, 7) is 2.40. The first kappa shape index (κ1) is 16.1. The van der Waals surface area contributed by atoms with E-state index >= 15 is 0 Å². The molecule has 0 radical (unpaired) electrons. The summed E-state index contributed by atoms with van der Waals surface area (Å²) >= 11 is 0. The molecule has 1 aromatic rings. The Balaban J connectivity index is 1.43. The summed E-state index contributed by atoms with van der Waals surface area (Å²) in [6, 6.07) is 6.66. The molecule has 3 atom stereocenters. The number of hydrogen-bond acceptors (Lipinski definition) is 5. The Hall–Kier alpha value is -2.10. The molecule has 136 valence electrons. The number of anilines is 1. The number of benzene rings is 1. The molecule has 6 heteroatoms. The number of carbonyl (C=O) groups is 1. The summed E-state index contributed by atoms with van der Waals surface area (Å²) in [4.78, 5) is 16.7. The molecule has 0 aromatic heterocycles. The standard InChI is InChI=1S/C20H25N5O/c21-12-24-9-2-5-18(24)20(26)25-10-8-15-14(3-1-4-17(15)25)16-11-22-23-19(16)13-6-7-13/h1,3-4,13,16,18-19,22-23H,2,5-11H2/t16?,18-,19?/m0/s1. The molecule has 0 spiro atoms. The number of rotatable bonds is 3. The summed E-state index contributed by atoms with van der Waals surface area (Å²) in [5.74, 6) is 1.36. The van der Waals surface area contributed by atoms with Gasteiger partial charge in [0.15, 0.2) is 6.19 Å². The van der Waals surface area contributed by atoms with Gasteiger partial charge in [-0.25, -0.2) is 0 Å². The lowest BCUT2D eigenvalue weighted by Crippen LogP contribution is -2.43. The molecule has 3 fully saturated rings. The lowest BCUT2D eigenvalue weighted by atomic mass is 9.86. The van der Waals surface area contributed by atoms with Crippen molar-refractivity contribution in [2.24, 2.45) is 5.92 Å². The summed E-state index contributed by atoms with van der Waals surface area (Å²) in [7, 11) is 0. The van der Waals surface area contributed by atoms with Gasteiger partial charge in [-0.3, -0.25) is 20.5 Å². The van der Waals surface area contributed by atoms with Gasteiger partial charge in [-0.15, -0.1) is 0 Å². The third-order valence-electron chi connectivity index (χ3n) is 6.55. The molecule has 2 N–H and O–H groups in total. The number of likely N-dealkylation sites (tertiary alicyclic amines) is 1. The van der Waals surface area contributed by atoms with Gasteiger partial charge in [0, 0.05) is 37.3 Å². The number of hydrazine groups is 1. The van der Waals surface area contributed by atoms with Crippen LogP contribution in [0.25, 0.3) is 0 Å². The normalized spacial score (nSPS) is 30.5. The summed E-state index contributed by atoms with van der Waals surface area (Å²) in [5, 5.41) is 9.29. The van der Waals surface area contributed by atoms with Gasteiger partial charge < -0.3 is 4.90 Å². The predicted molar refractivity (Wildman–Crippen MR) is 98.2 cm³/mol. The van der Waals surface area contributed by atoms with E-state index in [1.54, 1.807) is 4.90 Å². The van der Waals surface area contributed by atoms with Gasteiger partial charge in [0.25, 0.3) is 0 Å². The number of fused-ring (bicyclic) bond motifs is 1. The second-order valence-corrected chi connectivity index (χ2v) is 8.03. The molecule has 1 saturated carbocycles. The van der Waals surface area contributed by atoms with Crippen molar-refractivity contribution in [2.45, 2.75) is 50.1 Å². The van der Waals surface area contributed by atoms with Crippen molar-refractivity contribution in [3.8, 4) is 6.19 Å². The van der Waals surface area contributed by atoms with E-state index < -0.39 is 0 Å². The van der Waals surface area contributed by atoms with Gasteiger partial charge in [-0.1, -0.05) is 12.1 Å². The topological polar surface area (TPSA) is 71.4 Å². The van der Waals surface area contributed by atoms with Crippen LogP contribution in [-0.2, 0) is 11.2 Å². The molecule has 1 aromatic carbocycles. The molecule has 3 aliphatic heterocycles. The first-order valence-electron chi connectivity index (χ1n) is 9.86. The molecule has 26 heavy (non-hydrogen) atoms. The third kappa shape index (κ3) is 2.50. The minimum absolute atomic E-state index is 0.0985. The zero-order valence-corrected chi connectivity index (χ0v) is 14.9. The first-order valence-corrected chi connectivity index (χ1v) is 9.86. The molecule has 1 aliphatic carbocycles. The molecule has 4 aliphatic rings. The minimum atomic E-state index is -0.274. The van der Waals surface area contributed by atoms with Crippen LogP contribution in [-0.4, -0.2) is 42.5 Å². The quantitative estimate of drug-likeness (QED) is 0.808. The number of amides is 1. The zero-order chi connectivity index (χ0) is 17.7. The highest BCUT2D eigenvalue weighted by atomic mass is 16.2. The average molecular weight is 351 g/mol. The van der Waals surface area contributed by atoms with Crippen LogP contribution >= 0.6 is 0 Å². The Morgan fingerprint density at radius 2 is 2.12 bits per heavy atom. The number of hydrogen-bond donors (Lipinski definition) is 2. The predicted octanol–water partition coefficient (Wildman–Crippen LogP) is 1.49. The van der Waals surface area contributed by atoms with Crippen molar-refractivity contribution in [1.29, 1.82) is 5.26 Å². The Bertz CT molecular complexity index is 768. The van der Waals surface area contributed by atoms with Gasteiger partial charge in [0.2, 0.25) is 5.91 Å². The average Bonchev–Trinajstić information content (AvgIpc) is 3.10. The van der Waals surface area contributed by atoms with E-state index in [1.165, 1.54) is 24.0 Å². The summed E-state index contributed by atoms with van der Waals surface area (Å²) in [5.41, 5.74) is 10.6. The molecule has 1 amide bonds. The van der Waals surface area contributed by atoms with Crippen molar-refractivity contribution < 1.29 is 4.79 Å². The van der Waals surface area contributed by atoms with Gasteiger partial charge in [-0.05, 0) is 55.2 Å². The molecule has 3 heterocycles. The van der Waals surface area contributed by atoms with E-state index in [2.05, 4.69) is 35.2 Å². The highest BCUT2D eigenvalue weighted by molar-refractivity contribution is 5.99. The first-order chi connectivity index (χ1) is 12.8. The van der Waals surface area contributed by atoms with Crippen LogP contribution in [0.4, 0.5) is 5.69 Å². The van der Waals surface area contributed by atoms with E-state index in [0.29, 0.717) is 18.5 Å². The van der Waals surface area contributed by atoms with Crippen LogP contribution in [0, 0.1) is 17.4 Å². The van der Waals surface area contributed by atoms with Gasteiger partial charge in [-0.2, -0.15) is 5.26 Å². The fourth-order valence-electron chi connectivity index (χ4n) is 5.08. The van der Waals surface area contributed by atoms with Crippen LogP contribution in [0.3, 0.4) is 0 Å². The van der Waals surface area contributed by atoms with Crippen molar-refractivity contribution in [3.05, 3.63) is 29.3 Å². The number of carbonyl (C=O) groups excluding carboxylic acids is 1. The van der Waals surface area contributed by atoms with Gasteiger partial charge in [0.1, 0.15) is 6.04 Å². The third-order valence-corrected chi connectivity index (χ3v) is 6.55. The van der Waals surface area contributed by atoms with E-state index in [-0.39, 0.29) is 11.9 Å². The van der Waals surface area contributed by atoms with E-state index in [1.807, 2.05) is 4.90 Å². The monoisotopic (exact) mass is 351 g/mol.